The highest BCUT2D eigenvalue weighted by Crippen LogP contribution is 2.56. The second kappa shape index (κ2) is 7.36. The number of hydrogen-bond donors (Lipinski definition) is 0. The summed E-state index contributed by atoms with van der Waals surface area (Å²) < 4.78 is 2.12. The van der Waals surface area contributed by atoms with Crippen molar-refractivity contribution in [1.29, 1.82) is 0 Å². The first kappa shape index (κ1) is 17.9. The maximum Gasteiger partial charge on any atom is 0.226 e. The Morgan fingerprint density at radius 3 is 2.32 bits per heavy atom. The van der Waals surface area contributed by atoms with Crippen molar-refractivity contribution in [1.82, 2.24) is 19.4 Å². The lowest BCUT2D eigenvalue weighted by atomic mass is 10.0. The van der Waals surface area contributed by atoms with Gasteiger partial charge in [-0.25, -0.2) is 4.98 Å². The fourth-order valence-electron chi connectivity index (χ4n) is 5.57. The number of amides is 1. The van der Waals surface area contributed by atoms with Crippen molar-refractivity contribution in [2.45, 2.75) is 31.7 Å². The maximum atomic E-state index is 13.0. The van der Waals surface area contributed by atoms with Gasteiger partial charge in [-0.1, -0.05) is 43.2 Å². The second-order valence-electron chi connectivity index (χ2n) is 8.71. The van der Waals surface area contributed by atoms with Gasteiger partial charge in [-0.05, 0) is 30.2 Å². The lowest BCUT2D eigenvalue weighted by molar-refractivity contribution is -0.135. The third kappa shape index (κ3) is 3.16. The first-order valence-electron chi connectivity index (χ1n) is 10.8. The number of aromatic nitrogens is 2. The van der Waals surface area contributed by atoms with Crippen LogP contribution >= 0.6 is 0 Å². The van der Waals surface area contributed by atoms with Crippen molar-refractivity contribution < 1.29 is 4.79 Å². The van der Waals surface area contributed by atoms with E-state index in [1.807, 2.05) is 12.4 Å². The third-order valence-corrected chi connectivity index (χ3v) is 7.15. The normalized spacial score (nSPS) is 28.6. The zero-order valence-electron chi connectivity index (χ0n) is 16.7. The fourth-order valence-corrected chi connectivity index (χ4v) is 5.57. The number of nitrogens with zero attached hydrogens (tertiary/aromatic N) is 4. The maximum absolute atomic E-state index is 13.0. The minimum Gasteiger partial charge on any atom is -0.340 e. The molecule has 1 amide bonds. The van der Waals surface area contributed by atoms with Crippen LogP contribution < -0.4 is 0 Å². The number of carbonyl (C=O) groups excluding carboxylic acids is 1. The molecule has 5 nitrogen and oxygen atoms in total. The predicted octanol–water partition coefficient (Wildman–Crippen LogP) is 3.09. The van der Waals surface area contributed by atoms with E-state index in [0.717, 1.165) is 32.0 Å². The number of aryl methyl sites for hydroxylation is 1. The molecular formula is C23H30N4O. The molecule has 2 heterocycles. The molecule has 4 atom stereocenters. The van der Waals surface area contributed by atoms with E-state index in [4.69, 9.17) is 0 Å². The van der Waals surface area contributed by atoms with Gasteiger partial charge < -0.3 is 9.47 Å². The summed E-state index contributed by atoms with van der Waals surface area (Å²) in [6, 6.07) is 10.8. The molecule has 1 unspecified atom stereocenters. The van der Waals surface area contributed by atoms with Gasteiger partial charge in [0, 0.05) is 51.5 Å². The van der Waals surface area contributed by atoms with Gasteiger partial charge in [0.1, 0.15) is 5.82 Å². The zero-order chi connectivity index (χ0) is 19.1. The van der Waals surface area contributed by atoms with Crippen LogP contribution in [0, 0.1) is 17.8 Å². The Morgan fingerprint density at radius 2 is 1.71 bits per heavy atom. The minimum absolute atomic E-state index is 0.141. The van der Waals surface area contributed by atoms with Crippen molar-refractivity contribution in [2.75, 3.05) is 26.2 Å². The fraction of sp³-hybridized carbons (Fsp3) is 0.565. The Balaban J connectivity index is 1.29. The Hall–Kier alpha value is -2.14. The van der Waals surface area contributed by atoms with E-state index in [1.54, 1.807) is 0 Å². The number of carbonyl (C=O) groups is 1. The van der Waals surface area contributed by atoms with Gasteiger partial charge in [0.15, 0.2) is 0 Å². The molecule has 0 bridgehead atoms. The summed E-state index contributed by atoms with van der Waals surface area (Å²) in [5, 5.41) is 0. The van der Waals surface area contributed by atoms with E-state index in [2.05, 4.69) is 56.7 Å². The number of hydrogen-bond acceptors (Lipinski definition) is 3. The molecule has 1 aromatic heterocycles. The molecule has 5 heteroatoms. The first-order valence-corrected chi connectivity index (χ1v) is 10.8. The van der Waals surface area contributed by atoms with Gasteiger partial charge >= 0.3 is 0 Å². The van der Waals surface area contributed by atoms with Crippen LogP contribution in [0.4, 0.5) is 0 Å². The van der Waals surface area contributed by atoms with Crippen LogP contribution in [0.2, 0.25) is 0 Å². The first-order chi connectivity index (χ1) is 13.7. The topological polar surface area (TPSA) is 41.4 Å². The van der Waals surface area contributed by atoms with Crippen LogP contribution in [0.1, 0.15) is 43.1 Å². The van der Waals surface area contributed by atoms with Gasteiger partial charge in [0.25, 0.3) is 0 Å². The average molecular weight is 379 g/mol. The number of rotatable bonds is 4. The van der Waals surface area contributed by atoms with Crippen molar-refractivity contribution in [2.24, 2.45) is 24.8 Å². The lowest BCUT2D eigenvalue weighted by Crippen LogP contribution is -2.50. The number of piperazine rings is 1. The summed E-state index contributed by atoms with van der Waals surface area (Å²) in [5.74, 6) is 3.24. The molecule has 1 aliphatic heterocycles. The Kier molecular flexibility index (Phi) is 4.71. The smallest absolute Gasteiger partial charge is 0.226 e. The van der Waals surface area contributed by atoms with Crippen LogP contribution in [-0.4, -0.2) is 51.4 Å². The summed E-state index contributed by atoms with van der Waals surface area (Å²) in [4.78, 5) is 22.3. The van der Waals surface area contributed by atoms with Crippen molar-refractivity contribution in [3.05, 3.63) is 54.1 Å². The minimum atomic E-state index is 0.141. The Bertz CT molecular complexity index is 812. The molecule has 3 aliphatic rings. The highest BCUT2D eigenvalue weighted by Gasteiger charge is 2.55. The van der Waals surface area contributed by atoms with E-state index in [-0.39, 0.29) is 6.04 Å². The largest absolute Gasteiger partial charge is 0.340 e. The molecule has 2 aromatic rings. The number of fused-ring (bicyclic) bond motifs is 1. The van der Waals surface area contributed by atoms with E-state index in [9.17, 15) is 4.79 Å². The van der Waals surface area contributed by atoms with Crippen molar-refractivity contribution in [3.63, 3.8) is 0 Å². The standard InChI is InChI=1S/C23H30N4O/c1-25-12-11-24-22(25)21(17-7-3-2-4-8-17)26-13-15-27(16-14-26)23(28)20-18-9-5-6-10-19(18)20/h2-4,7-8,11-12,18-21H,5-6,9-10,13-16H2,1H3/t18-,19+,20?,21-/m1/s1. The molecule has 3 fully saturated rings. The molecule has 1 aromatic carbocycles. The Labute approximate surface area is 167 Å². The van der Waals surface area contributed by atoms with E-state index in [0.29, 0.717) is 23.7 Å². The lowest BCUT2D eigenvalue weighted by Gasteiger charge is -2.39. The highest BCUT2D eigenvalue weighted by molar-refractivity contribution is 5.82. The van der Waals surface area contributed by atoms with Crippen molar-refractivity contribution >= 4 is 5.91 Å². The van der Waals surface area contributed by atoms with Crippen LogP contribution in [0.3, 0.4) is 0 Å². The SMILES string of the molecule is Cn1ccnc1[C@@H](c1ccccc1)N1CCN(C(=O)C2[C@H]3CCCC[C@@H]23)CC1. The number of imidazole rings is 1. The molecule has 2 saturated carbocycles. The van der Waals surface area contributed by atoms with Gasteiger partial charge in [-0.2, -0.15) is 0 Å². The molecule has 28 heavy (non-hydrogen) atoms. The molecular weight excluding hydrogens is 348 g/mol. The van der Waals surface area contributed by atoms with Crippen LogP contribution in [0.15, 0.2) is 42.7 Å². The molecule has 148 valence electrons. The quantitative estimate of drug-likeness (QED) is 0.821. The van der Waals surface area contributed by atoms with Gasteiger partial charge in [-0.15, -0.1) is 0 Å². The summed E-state index contributed by atoms with van der Waals surface area (Å²) in [6.07, 6.45) is 9.08. The zero-order valence-corrected chi connectivity index (χ0v) is 16.7. The molecule has 2 aliphatic carbocycles. The van der Waals surface area contributed by atoms with Gasteiger partial charge in [0.2, 0.25) is 5.91 Å². The summed E-state index contributed by atoms with van der Waals surface area (Å²) in [7, 11) is 2.06. The van der Waals surface area contributed by atoms with E-state index in [1.165, 1.54) is 31.2 Å². The van der Waals surface area contributed by atoms with Crippen LogP contribution in [0.25, 0.3) is 0 Å². The molecule has 0 N–H and O–H groups in total. The number of benzene rings is 1. The summed E-state index contributed by atoms with van der Waals surface area (Å²) in [6.45, 7) is 3.48. The summed E-state index contributed by atoms with van der Waals surface area (Å²) in [5.41, 5.74) is 1.27. The van der Waals surface area contributed by atoms with Gasteiger partial charge in [0.05, 0.1) is 6.04 Å². The van der Waals surface area contributed by atoms with Gasteiger partial charge in [-0.3, -0.25) is 9.69 Å². The molecule has 5 rings (SSSR count). The van der Waals surface area contributed by atoms with E-state index >= 15 is 0 Å². The molecule has 1 saturated heterocycles. The highest BCUT2D eigenvalue weighted by atomic mass is 16.2. The predicted molar refractivity (Wildman–Crippen MR) is 109 cm³/mol. The summed E-state index contributed by atoms with van der Waals surface area (Å²) >= 11 is 0. The van der Waals surface area contributed by atoms with Crippen molar-refractivity contribution in [3.8, 4) is 0 Å². The van der Waals surface area contributed by atoms with Crippen LogP contribution in [0.5, 0.6) is 0 Å². The molecule has 0 spiro atoms. The van der Waals surface area contributed by atoms with E-state index < -0.39 is 0 Å². The second-order valence-corrected chi connectivity index (χ2v) is 8.71. The third-order valence-electron chi connectivity index (χ3n) is 7.15. The average Bonchev–Trinajstić information content (AvgIpc) is 3.34. The molecule has 0 radical (unpaired) electrons. The Morgan fingerprint density at radius 1 is 1.04 bits per heavy atom. The van der Waals surface area contributed by atoms with Crippen LogP contribution in [-0.2, 0) is 11.8 Å². The monoisotopic (exact) mass is 378 g/mol.